The Hall–Kier alpha value is -1.26. The summed E-state index contributed by atoms with van der Waals surface area (Å²) in [6.45, 7) is 0.946. The number of likely N-dealkylation sites (tertiary alicyclic amines) is 1. The summed E-state index contributed by atoms with van der Waals surface area (Å²) in [4.78, 5) is 24.4. The number of nitrogens with zero attached hydrogens (tertiary/aromatic N) is 1. The van der Waals surface area contributed by atoms with Crippen molar-refractivity contribution in [1.29, 1.82) is 0 Å². The SMILES string of the molecule is NC(=O)C1CC(=O)N(CCc2cc(Cl)cc(Cl)c2)C1. The van der Waals surface area contributed by atoms with Gasteiger partial charge in [-0.2, -0.15) is 0 Å². The first-order valence-electron chi connectivity index (χ1n) is 5.98. The first kappa shape index (κ1) is 14.2. The highest BCUT2D eigenvalue weighted by Gasteiger charge is 2.32. The predicted octanol–water partition coefficient (Wildman–Crippen LogP) is 1.87. The molecule has 19 heavy (non-hydrogen) atoms. The van der Waals surface area contributed by atoms with Gasteiger partial charge in [-0.3, -0.25) is 9.59 Å². The van der Waals surface area contributed by atoms with Crippen LogP contribution in [0.4, 0.5) is 0 Å². The third-order valence-corrected chi connectivity index (χ3v) is 3.65. The molecule has 0 bridgehead atoms. The second-order valence-electron chi connectivity index (χ2n) is 4.67. The zero-order valence-electron chi connectivity index (χ0n) is 10.2. The number of carbonyl (C=O) groups excluding carboxylic acids is 2. The molecule has 1 aliphatic rings. The fourth-order valence-electron chi connectivity index (χ4n) is 2.20. The Morgan fingerprint density at radius 2 is 1.95 bits per heavy atom. The third-order valence-electron chi connectivity index (χ3n) is 3.21. The number of benzene rings is 1. The second-order valence-corrected chi connectivity index (χ2v) is 5.54. The summed E-state index contributed by atoms with van der Waals surface area (Å²) in [6, 6.07) is 5.30. The molecule has 6 heteroatoms. The van der Waals surface area contributed by atoms with Crippen molar-refractivity contribution in [2.75, 3.05) is 13.1 Å². The van der Waals surface area contributed by atoms with Crippen LogP contribution in [-0.4, -0.2) is 29.8 Å². The lowest BCUT2D eigenvalue weighted by molar-refractivity contribution is -0.128. The molecule has 1 fully saturated rings. The molecule has 2 N–H and O–H groups in total. The van der Waals surface area contributed by atoms with E-state index in [1.165, 1.54) is 0 Å². The van der Waals surface area contributed by atoms with E-state index in [0.29, 0.717) is 29.6 Å². The molecule has 1 aliphatic heterocycles. The number of hydrogen-bond donors (Lipinski definition) is 1. The molecular formula is C13H14Cl2N2O2. The minimum Gasteiger partial charge on any atom is -0.369 e. The van der Waals surface area contributed by atoms with E-state index in [4.69, 9.17) is 28.9 Å². The lowest BCUT2D eigenvalue weighted by atomic mass is 10.1. The zero-order chi connectivity index (χ0) is 14.0. The van der Waals surface area contributed by atoms with E-state index in [0.717, 1.165) is 5.56 Å². The van der Waals surface area contributed by atoms with Gasteiger partial charge in [0.1, 0.15) is 0 Å². The van der Waals surface area contributed by atoms with Gasteiger partial charge in [0.25, 0.3) is 0 Å². The molecule has 102 valence electrons. The van der Waals surface area contributed by atoms with Crippen molar-refractivity contribution in [2.45, 2.75) is 12.8 Å². The number of hydrogen-bond acceptors (Lipinski definition) is 2. The Morgan fingerprint density at radius 3 is 2.47 bits per heavy atom. The number of primary amides is 1. The molecule has 0 aromatic heterocycles. The van der Waals surface area contributed by atoms with E-state index in [1.54, 1.807) is 11.0 Å². The van der Waals surface area contributed by atoms with Crippen molar-refractivity contribution in [1.82, 2.24) is 4.90 Å². The monoisotopic (exact) mass is 300 g/mol. The molecule has 0 aliphatic carbocycles. The lowest BCUT2D eigenvalue weighted by Gasteiger charge is -2.16. The fourth-order valence-corrected chi connectivity index (χ4v) is 2.77. The predicted molar refractivity (Wildman–Crippen MR) is 74.0 cm³/mol. The quantitative estimate of drug-likeness (QED) is 0.922. The van der Waals surface area contributed by atoms with Gasteiger partial charge in [-0.15, -0.1) is 0 Å². The minimum atomic E-state index is -0.415. The summed E-state index contributed by atoms with van der Waals surface area (Å²) in [5, 5.41) is 1.15. The highest BCUT2D eigenvalue weighted by atomic mass is 35.5. The number of carbonyl (C=O) groups is 2. The van der Waals surface area contributed by atoms with Crippen molar-refractivity contribution in [2.24, 2.45) is 11.7 Å². The van der Waals surface area contributed by atoms with Crippen molar-refractivity contribution in [3.63, 3.8) is 0 Å². The van der Waals surface area contributed by atoms with Crippen molar-refractivity contribution in [3.8, 4) is 0 Å². The Balaban J connectivity index is 1.95. The topological polar surface area (TPSA) is 63.4 Å². The number of nitrogens with two attached hydrogens (primary N) is 1. The lowest BCUT2D eigenvalue weighted by Crippen LogP contribution is -2.30. The summed E-state index contributed by atoms with van der Waals surface area (Å²) >= 11 is 11.8. The first-order valence-corrected chi connectivity index (χ1v) is 6.73. The molecule has 1 aromatic carbocycles. The smallest absolute Gasteiger partial charge is 0.223 e. The standard InChI is InChI=1S/C13H14Cl2N2O2/c14-10-3-8(4-11(15)6-10)1-2-17-7-9(13(16)19)5-12(17)18/h3-4,6,9H,1-2,5,7H2,(H2,16,19). The maximum atomic E-state index is 11.7. The molecule has 2 rings (SSSR count). The summed E-state index contributed by atoms with van der Waals surface area (Å²) in [6.07, 6.45) is 0.864. The van der Waals surface area contributed by atoms with E-state index in [1.807, 2.05) is 12.1 Å². The van der Waals surface area contributed by atoms with Crippen LogP contribution in [0.15, 0.2) is 18.2 Å². The molecule has 1 heterocycles. The van der Waals surface area contributed by atoms with Gasteiger partial charge in [0.2, 0.25) is 11.8 Å². The van der Waals surface area contributed by atoms with Crippen LogP contribution in [0.25, 0.3) is 0 Å². The van der Waals surface area contributed by atoms with Crippen LogP contribution in [0.1, 0.15) is 12.0 Å². The van der Waals surface area contributed by atoms with Crippen molar-refractivity contribution in [3.05, 3.63) is 33.8 Å². The van der Waals surface area contributed by atoms with Crippen molar-refractivity contribution < 1.29 is 9.59 Å². The number of halogens is 2. The van der Waals surface area contributed by atoms with Gasteiger partial charge < -0.3 is 10.6 Å². The van der Waals surface area contributed by atoms with Crippen LogP contribution in [0.3, 0.4) is 0 Å². The van der Waals surface area contributed by atoms with Gasteiger partial charge in [0.15, 0.2) is 0 Å². The van der Waals surface area contributed by atoms with Gasteiger partial charge in [0, 0.05) is 29.6 Å². The van der Waals surface area contributed by atoms with E-state index >= 15 is 0 Å². The molecule has 0 radical (unpaired) electrons. The number of rotatable bonds is 4. The van der Waals surface area contributed by atoms with Gasteiger partial charge in [-0.1, -0.05) is 23.2 Å². The molecule has 4 nitrogen and oxygen atoms in total. The summed E-state index contributed by atoms with van der Waals surface area (Å²) in [7, 11) is 0. The Kier molecular flexibility index (Phi) is 4.32. The average molecular weight is 301 g/mol. The normalized spacial score (nSPS) is 18.9. The van der Waals surface area contributed by atoms with Gasteiger partial charge in [-0.05, 0) is 30.2 Å². The number of amides is 2. The minimum absolute atomic E-state index is 0.0306. The van der Waals surface area contributed by atoms with Crippen LogP contribution in [0.5, 0.6) is 0 Å². The molecule has 2 amide bonds. The molecule has 0 spiro atoms. The molecular weight excluding hydrogens is 287 g/mol. The average Bonchev–Trinajstić information content (AvgIpc) is 2.67. The summed E-state index contributed by atoms with van der Waals surface area (Å²) < 4.78 is 0. The van der Waals surface area contributed by atoms with Gasteiger partial charge in [-0.25, -0.2) is 0 Å². The zero-order valence-corrected chi connectivity index (χ0v) is 11.7. The largest absolute Gasteiger partial charge is 0.369 e. The Bertz CT molecular complexity index is 499. The summed E-state index contributed by atoms with van der Waals surface area (Å²) in [5.41, 5.74) is 6.18. The van der Waals surface area contributed by atoms with Crippen LogP contribution in [0, 0.1) is 5.92 Å². The highest BCUT2D eigenvalue weighted by molar-refractivity contribution is 6.34. The van der Waals surface area contributed by atoms with E-state index in [-0.39, 0.29) is 18.2 Å². The van der Waals surface area contributed by atoms with Crippen LogP contribution in [-0.2, 0) is 16.0 Å². The summed E-state index contributed by atoms with van der Waals surface area (Å²) in [5.74, 6) is -0.811. The highest BCUT2D eigenvalue weighted by Crippen LogP contribution is 2.21. The van der Waals surface area contributed by atoms with Crippen LogP contribution < -0.4 is 5.73 Å². The molecule has 0 saturated carbocycles. The third kappa shape index (κ3) is 3.61. The maximum absolute atomic E-state index is 11.7. The Morgan fingerprint density at radius 1 is 1.32 bits per heavy atom. The Labute approximate surface area is 121 Å². The second kappa shape index (κ2) is 5.80. The maximum Gasteiger partial charge on any atom is 0.223 e. The van der Waals surface area contributed by atoms with E-state index in [9.17, 15) is 9.59 Å². The van der Waals surface area contributed by atoms with Crippen LogP contribution in [0.2, 0.25) is 10.0 Å². The fraction of sp³-hybridized carbons (Fsp3) is 0.385. The van der Waals surface area contributed by atoms with Gasteiger partial charge >= 0.3 is 0 Å². The van der Waals surface area contributed by atoms with Crippen LogP contribution >= 0.6 is 23.2 Å². The van der Waals surface area contributed by atoms with E-state index in [2.05, 4.69) is 0 Å². The molecule has 1 saturated heterocycles. The van der Waals surface area contributed by atoms with Crippen molar-refractivity contribution >= 4 is 35.0 Å². The van der Waals surface area contributed by atoms with E-state index < -0.39 is 5.91 Å². The molecule has 1 unspecified atom stereocenters. The van der Waals surface area contributed by atoms with Gasteiger partial charge in [0.05, 0.1) is 5.92 Å². The molecule has 1 atom stereocenters. The molecule has 1 aromatic rings. The first-order chi connectivity index (χ1) is 8.95.